The van der Waals surface area contributed by atoms with Gasteiger partial charge in [-0.05, 0) is 42.9 Å². The molecule has 2 rings (SSSR count). The predicted octanol–water partition coefficient (Wildman–Crippen LogP) is 3.94. The number of halogens is 1. The number of nitrogens with one attached hydrogen (secondary N) is 2. The van der Waals surface area contributed by atoms with Gasteiger partial charge in [-0.15, -0.1) is 0 Å². The van der Waals surface area contributed by atoms with Gasteiger partial charge in [0, 0.05) is 18.7 Å². The molecule has 0 spiro atoms. The maximum atomic E-state index is 11.7. The molecule has 1 saturated carbocycles. The molecule has 1 amide bonds. The molecule has 20 heavy (non-hydrogen) atoms. The van der Waals surface area contributed by atoms with Crippen LogP contribution in [-0.4, -0.2) is 19.0 Å². The maximum Gasteiger partial charge on any atom is 0.251 e. The highest BCUT2D eigenvalue weighted by molar-refractivity contribution is 6.33. The molecule has 0 heterocycles. The Morgan fingerprint density at radius 1 is 1.30 bits per heavy atom. The Bertz CT molecular complexity index is 489. The van der Waals surface area contributed by atoms with Crippen LogP contribution in [0.4, 0.5) is 5.69 Å². The summed E-state index contributed by atoms with van der Waals surface area (Å²) in [6, 6.07) is 5.80. The third-order valence-electron chi connectivity index (χ3n) is 4.25. The molecule has 3 nitrogen and oxygen atoms in total. The average Bonchev–Trinajstić information content (AvgIpc) is 2.44. The highest BCUT2D eigenvalue weighted by Crippen LogP contribution is 2.32. The summed E-state index contributed by atoms with van der Waals surface area (Å²) in [5, 5.41) is 6.84. The molecule has 0 aromatic heterocycles. The molecule has 0 saturated heterocycles. The van der Waals surface area contributed by atoms with Crippen molar-refractivity contribution in [1.29, 1.82) is 0 Å². The van der Waals surface area contributed by atoms with E-state index in [-0.39, 0.29) is 5.91 Å². The molecule has 3 unspecified atom stereocenters. The van der Waals surface area contributed by atoms with Crippen LogP contribution in [0.1, 0.15) is 43.5 Å². The van der Waals surface area contributed by atoms with Crippen molar-refractivity contribution in [1.82, 2.24) is 5.32 Å². The Hall–Kier alpha value is -1.22. The zero-order chi connectivity index (χ0) is 14.7. The molecular formula is C16H23ClN2O. The lowest BCUT2D eigenvalue weighted by Gasteiger charge is -2.34. The lowest BCUT2D eigenvalue weighted by molar-refractivity contribution is 0.0963. The number of benzene rings is 1. The second-order valence-electron chi connectivity index (χ2n) is 5.92. The van der Waals surface area contributed by atoms with Gasteiger partial charge in [0.15, 0.2) is 0 Å². The van der Waals surface area contributed by atoms with E-state index in [2.05, 4.69) is 24.5 Å². The number of amides is 1. The highest BCUT2D eigenvalue weighted by Gasteiger charge is 2.25. The topological polar surface area (TPSA) is 41.1 Å². The largest absolute Gasteiger partial charge is 0.381 e. The van der Waals surface area contributed by atoms with Crippen LogP contribution in [0.2, 0.25) is 5.02 Å². The van der Waals surface area contributed by atoms with Gasteiger partial charge in [0.2, 0.25) is 0 Å². The first-order chi connectivity index (χ1) is 9.51. The van der Waals surface area contributed by atoms with Gasteiger partial charge in [-0.25, -0.2) is 0 Å². The van der Waals surface area contributed by atoms with Crippen LogP contribution >= 0.6 is 11.6 Å². The number of anilines is 1. The van der Waals surface area contributed by atoms with Gasteiger partial charge in [-0.2, -0.15) is 0 Å². The van der Waals surface area contributed by atoms with Crippen molar-refractivity contribution in [3.63, 3.8) is 0 Å². The van der Waals surface area contributed by atoms with E-state index in [1.165, 1.54) is 12.8 Å². The summed E-state index contributed by atoms with van der Waals surface area (Å²) < 4.78 is 0. The van der Waals surface area contributed by atoms with Gasteiger partial charge in [-0.1, -0.05) is 31.9 Å². The minimum absolute atomic E-state index is 0.0882. The standard InChI is InChI=1S/C16H23ClN2O/c1-10-4-5-11(2)14(8-10)19-15-9-12(16(20)18-3)6-7-13(15)17/h6-7,9-11,14,19H,4-5,8H2,1-3H3,(H,18,20). The summed E-state index contributed by atoms with van der Waals surface area (Å²) >= 11 is 6.25. The number of carbonyl (C=O) groups excluding carboxylic acids is 1. The zero-order valence-corrected chi connectivity index (χ0v) is 13.1. The molecule has 1 aliphatic carbocycles. The Morgan fingerprint density at radius 3 is 2.75 bits per heavy atom. The summed E-state index contributed by atoms with van der Waals surface area (Å²) in [5.74, 6) is 1.28. The fourth-order valence-corrected chi connectivity index (χ4v) is 3.03. The average molecular weight is 295 g/mol. The van der Waals surface area contributed by atoms with E-state index in [1.54, 1.807) is 19.2 Å². The summed E-state index contributed by atoms with van der Waals surface area (Å²) in [5.41, 5.74) is 1.50. The number of carbonyl (C=O) groups is 1. The van der Waals surface area contributed by atoms with Gasteiger partial charge < -0.3 is 10.6 Å². The van der Waals surface area contributed by atoms with Crippen LogP contribution in [0.5, 0.6) is 0 Å². The van der Waals surface area contributed by atoms with E-state index in [0.29, 0.717) is 22.5 Å². The van der Waals surface area contributed by atoms with Gasteiger partial charge in [0.1, 0.15) is 0 Å². The molecule has 0 bridgehead atoms. The van der Waals surface area contributed by atoms with Gasteiger partial charge >= 0.3 is 0 Å². The summed E-state index contributed by atoms with van der Waals surface area (Å²) in [7, 11) is 1.63. The monoisotopic (exact) mass is 294 g/mol. The van der Waals surface area contributed by atoms with Gasteiger partial charge in [0.25, 0.3) is 5.91 Å². The molecule has 1 fully saturated rings. The number of hydrogen-bond donors (Lipinski definition) is 2. The van der Waals surface area contributed by atoms with Crippen LogP contribution in [0.25, 0.3) is 0 Å². The first-order valence-corrected chi connectivity index (χ1v) is 7.67. The van der Waals surface area contributed by atoms with Crippen molar-refractivity contribution < 1.29 is 4.79 Å². The van der Waals surface area contributed by atoms with E-state index < -0.39 is 0 Å². The second-order valence-corrected chi connectivity index (χ2v) is 6.33. The second kappa shape index (κ2) is 6.49. The van der Waals surface area contributed by atoms with Crippen molar-refractivity contribution >= 4 is 23.2 Å². The lowest BCUT2D eigenvalue weighted by Crippen LogP contribution is -2.33. The molecule has 1 aromatic rings. The van der Waals surface area contributed by atoms with Crippen LogP contribution in [0.3, 0.4) is 0 Å². The van der Waals surface area contributed by atoms with Crippen molar-refractivity contribution in [2.75, 3.05) is 12.4 Å². The van der Waals surface area contributed by atoms with E-state index in [1.807, 2.05) is 6.07 Å². The predicted molar refractivity (Wildman–Crippen MR) is 84.4 cm³/mol. The first-order valence-electron chi connectivity index (χ1n) is 7.29. The highest BCUT2D eigenvalue weighted by atomic mass is 35.5. The molecule has 1 aromatic carbocycles. The maximum absolute atomic E-state index is 11.7. The molecule has 4 heteroatoms. The first kappa shape index (κ1) is 15.2. The van der Waals surface area contributed by atoms with Crippen LogP contribution < -0.4 is 10.6 Å². The number of hydrogen-bond acceptors (Lipinski definition) is 2. The quantitative estimate of drug-likeness (QED) is 0.886. The normalized spacial score (nSPS) is 26.1. The third-order valence-corrected chi connectivity index (χ3v) is 4.58. The molecule has 0 aliphatic heterocycles. The van der Waals surface area contributed by atoms with Crippen molar-refractivity contribution in [3.05, 3.63) is 28.8 Å². The summed E-state index contributed by atoms with van der Waals surface area (Å²) in [6.07, 6.45) is 3.69. The smallest absolute Gasteiger partial charge is 0.251 e. The molecule has 0 radical (unpaired) electrons. The van der Waals surface area contributed by atoms with Gasteiger partial charge in [0.05, 0.1) is 10.7 Å². The third kappa shape index (κ3) is 3.45. The molecule has 1 aliphatic rings. The van der Waals surface area contributed by atoms with Crippen molar-refractivity contribution in [2.24, 2.45) is 11.8 Å². The summed E-state index contributed by atoms with van der Waals surface area (Å²) in [4.78, 5) is 11.7. The Morgan fingerprint density at radius 2 is 2.05 bits per heavy atom. The fraction of sp³-hybridized carbons (Fsp3) is 0.562. The van der Waals surface area contributed by atoms with Crippen LogP contribution in [-0.2, 0) is 0 Å². The molecular weight excluding hydrogens is 272 g/mol. The van der Waals surface area contributed by atoms with E-state index in [4.69, 9.17) is 11.6 Å². The lowest BCUT2D eigenvalue weighted by atomic mass is 9.80. The Labute approximate surface area is 126 Å². The molecule has 110 valence electrons. The van der Waals surface area contributed by atoms with Gasteiger partial charge in [-0.3, -0.25) is 4.79 Å². The summed E-state index contributed by atoms with van der Waals surface area (Å²) in [6.45, 7) is 4.57. The molecule has 2 N–H and O–H groups in total. The Balaban J connectivity index is 2.17. The van der Waals surface area contributed by atoms with Crippen molar-refractivity contribution in [2.45, 2.75) is 39.2 Å². The molecule has 3 atom stereocenters. The SMILES string of the molecule is CNC(=O)c1ccc(Cl)c(NC2CC(C)CCC2C)c1. The van der Waals surface area contributed by atoms with Crippen LogP contribution in [0.15, 0.2) is 18.2 Å². The fourth-order valence-electron chi connectivity index (χ4n) is 2.85. The number of rotatable bonds is 3. The van der Waals surface area contributed by atoms with E-state index >= 15 is 0 Å². The Kier molecular flexibility index (Phi) is 4.92. The van der Waals surface area contributed by atoms with Crippen molar-refractivity contribution in [3.8, 4) is 0 Å². The van der Waals surface area contributed by atoms with E-state index in [9.17, 15) is 4.79 Å². The zero-order valence-electron chi connectivity index (χ0n) is 12.4. The minimum Gasteiger partial charge on any atom is -0.381 e. The van der Waals surface area contributed by atoms with E-state index in [0.717, 1.165) is 18.0 Å². The van der Waals surface area contributed by atoms with Crippen LogP contribution in [0, 0.1) is 11.8 Å². The minimum atomic E-state index is -0.0882.